The van der Waals surface area contributed by atoms with Gasteiger partial charge in [-0.1, -0.05) is 13.8 Å². The van der Waals surface area contributed by atoms with Crippen LogP contribution in [0.5, 0.6) is 0 Å². The second-order valence-corrected chi connectivity index (χ2v) is 5.33. The first kappa shape index (κ1) is 23.7. The normalized spacial score (nSPS) is 10.9. The zero-order chi connectivity index (χ0) is 16.0. The lowest BCUT2D eigenvalue weighted by atomic mass is 10.1. The number of rotatable bonds is 6. The van der Waals surface area contributed by atoms with Crippen molar-refractivity contribution in [2.24, 2.45) is 11.7 Å². The summed E-state index contributed by atoms with van der Waals surface area (Å²) in [6.45, 7) is 3.59. The molecule has 23 heavy (non-hydrogen) atoms. The number of nitrogens with one attached hydrogen (secondary N) is 2. The van der Waals surface area contributed by atoms with Gasteiger partial charge in [-0.2, -0.15) is 0 Å². The summed E-state index contributed by atoms with van der Waals surface area (Å²) in [5.74, 6) is 0.119. The Kier molecular flexibility index (Phi) is 11.4. The lowest BCUT2D eigenvalue weighted by molar-refractivity contribution is -0.125. The van der Waals surface area contributed by atoms with Crippen molar-refractivity contribution in [3.05, 3.63) is 18.3 Å². The quantitative estimate of drug-likeness (QED) is 0.698. The van der Waals surface area contributed by atoms with Gasteiger partial charge < -0.3 is 21.3 Å². The van der Waals surface area contributed by atoms with Gasteiger partial charge >= 0.3 is 0 Å². The number of carbonyl (C=O) groups is 2. The van der Waals surface area contributed by atoms with Gasteiger partial charge in [0.15, 0.2) is 0 Å². The van der Waals surface area contributed by atoms with Crippen LogP contribution in [0.15, 0.2) is 18.3 Å². The molecule has 0 saturated carbocycles. The fourth-order valence-corrected chi connectivity index (χ4v) is 1.53. The van der Waals surface area contributed by atoms with Crippen LogP contribution >= 0.6 is 24.8 Å². The summed E-state index contributed by atoms with van der Waals surface area (Å²) in [5, 5.41) is 5.22. The van der Waals surface area contributed by atoms with E-state index in [9.17, 15) is 9.59 Å². The predicted octanol–water partition coefficient (Wildman–Crippen LogP) is 1.03. The van der Waals surface area contributed by atoms with Gasteiger partial charge in [0.25, 0.3) is 0 Å². The first-order valence-corrected chi connectivity index (χ1v) is 6.77. The molecule has 0 spiro atoms. The molecule has 0 unspecified atom stereocenters. The molecule has 0 aromatic carbocycles. The van der Waals surface area contributed by atoms with Crippen molar-refractivity contribution in [3.8, 4) is 0 Å². The molecule has 1 aromatic heterocycles. The van der Waals surface area contributed by atoms with Crippen LogP contribution in [0.25, 0.3) is 0 Å². The maximum Gasteiger partial charge on any atom is 0.243 e. The average molecular weight is 366 g/mol. The van der Waals surface area contributed by atoms with E-state index in [-0.39, 0.29) is 49.1 Å². The molecule has 0 fully saturated rings. The molecule has 0 bridgehead atoms. The van der Waals surface area contributed by atoms with Crippen molar-refractivity contribution in [1.29, 1.82) is 0 Å². The fourth-order valence-electron chi connectivity index (χ4n) is 1.53. The first-order valence-electron chi connectivity index (χ1n) is 6.77. The Labute approximate surface area is 149 Å². The molecule has 0 aliphatic carbocycles. The zero-order valence-corrected chi connectivity index (χ0v) is 15.3. The molecule has 4 N–H and O–H groups in total. The van der Waals surface area contributed by atoms with Crippen molar-refractivity contribution >= 4 is 48.1 Å². The Hall–Kier alpha value is -1.57. The van der Waals surface area contributed by atoms with Gasteiger partial charge in [0.05, 0.1) is 12.6 Å². The summed E-state index contributed by atoms with van der Waals surface area (Å²) >= 11 is 0. The van der Waals surface area contributed by atoms with Crippen LogP contribution in [-0.2, 0) is 9.59 Å². The average Bonchev–Trinajstić information content (AvgIpc) is 2.44. The molecule has 1 atom stereocenters. The second kappa shape index (κ2) is 11.0. The lowest BCUT2D eigenvalue weighted by Gasteiger charge is -2.15. The van der Waals surface area contributed by atoms with E-state index in [1.807, 2.05) is 32.8 Å². The highest BCUT2D eigenvalue weighted by atomic mass is 35.5. The second-order valence-electron chi connectivity index (χ2n) is 5.33. The molecule has 0 aliphatic rings. The van der Waals surface area contributed by atoms with Crippen LogP contribution in [0.1, 0.15) is 13.8 Å². The highest BCUT2D eigenvalue weighted by molar-refractivity contribution is 5.95. The molecule has 2 amide bonds. The Bertz CT molecular complexity index is 512. The number of amides is 2. The first-order chi connectivity index (χ1) is 9.81. The van der Waals surface area contributed by atoms with E-state index < -0.39 is 6.04 Å². The van der Waals surface area contributed by atoms with Crippen molar-refractivity contribution in [2.45, 2.75) is 19.9 Å². The maximum absolute atomic E-state index is 11.8. The van der Waals surface area contributed by atoms with E-state index in [2.05, 4.69) is 15.6 Å². The van der Waals surface area contributed by atoms with E-state index in [1.54, 1.807) is 18.3 Å². The van der Waals surface area contributed by atoms with Gasteiger partial charge in [-0.25, -0.2) is 4.98 Å². The van der Waals surface area contributed by atoms with Crippen LogP contribution in [0, 0.1) is 5.92 Å². The van der Waals surface area contributed by atoms with Crippen molar-refractivity contribution in [3.63, 3.8) is 0 Å². The van der Waals surface area contributed by atoms with Crippen LogP contribution in [0.2, 0.25) is 0 Å². The van der Waals surface area contributed by atoms with E-state index in [0.29, 0.717) is 5.69 Å². The standard InChI is InChI=1S/C14H23N5O2.2ClH/c1-9(2)13(15)14(21)17-8-12(20)18-10-5-6-16-11(7-10)19(3)4;;/h5-7,9,13H,8,15H2,1-4H3,(H,17,21)(H,16,18,20);2*1H/t13-;;/m0../s1. The number of pyridine rings is 1. The number of carbonyl (C=O) groups excluding carboxylic acids is 2. The van der Waals surface area contributed by atoms with E-state index in [0.717, 1.165) is 5.82 Å². The molecule has 9 heteroatoms. The Morgan fingerprint density at radius 1 is 1.30 bits per heavy atom. The third-order valence-electron chi connectivity index (χ3n) is 2.93. The summed E-state index contributed by atoms with van der Waals surface area (Å²) in [5.41, 5.74) is 6.32. The fraction of sp³-hybridized carbons (Fsp3) is 0.500. The number of hydrogen-bond donors (Lipinski definition) is 3. The van der Waals surface area contributed by atoms with Gasteiger partial charge in [0.2, 0.25) is 11.8 Å². The van der Waals surface area contributed by atoms with Gasteiger partial charge in [0.1, 0.15) is 5.82 Å². The molecular formula is C14H25Cl2N5O2. The molecule has 1 aromatic rings. The molecule has 0 aliphatic heterocycles. The number of aromatic nitrogens is 1. The number of hydrogen-bond acceptors (Lipinski definition) is 5. The summed E-state index contributed by atoms with van der Waals surface area (Å²) in [7, 11) is 3.73. The van der Waals surface area contributed by atoms with E-state index >= 15 is 0 Å². The summed E-state index contributed by atoms with van der Waals surface area (Å²) in [6, 6.07) is 2.82. The topological polar surface area (TPSA) is 100 Å². The van der Waals surface area contributed by atoms with Crippen LogP contribution in [0.3, 0.4) is 0 Å². The highest BCUT2D eigenvalue weighted by Gasteiger charge is 2.17. The minimum absolute atomic E-state index is 0. The molecule has 7 nitrogen and oxygen atoms in total. The Balaban J connectivity index is 0. The number of anilines is 2. The lowest BCUT2D eigenvalue weighted by Crippen LogP contribution is -2.46. The predicted molar refractivity (Wildman–Crippen MR) is 97.5 cm³/mol. The zero-order valence-electron chi connectivity index (χ0n) is 13.7. The largest absolute Gasteiger partial charge is 0.363 e. The van der Waals surface area contributed by atoms with Crippen molar-refractivity contribution in [1.82, 2.24) is 10.3 Å². The Morgan fingerprint density at radius 3 is 2.43 bits per heavy atom. The van der Waals surface area contributed by atoms with Crippen LogP contribution in [0.4, 0.5) is 11.5 Å². The van der Waals surface area contributed by atoms with E-state index in [4.69, 9.17) is 5.73 Å². The smallest absolute Gasteiger partial charge is 0.243 e. The molecule has 0 saturated heterocycles. The van der Waals surface area contributed by atoms with Gasteiger partial charge in [0, 0.05) is 32.0 Å². The van der Waals surface area contributed by atoms with Crippen molar-refractivity contribution in [2.75, 3.05) is 30.9 Å². The summed E-state index contributed by atoms with van der Waals surface area (Å²) < 4.78 is 0. The van der Waals surface area contributed by atoms with Crippen molar-refractivity contribution < 1.29 is 9.59 Å². The minimum Gasteiger partial charge on any atom is -0.363 e. The maximum atomic E-state index is 11.8. The number of halogens is 2. The highest BCUT2D eigenvalue weighted by Crippen LogP contribution is 2.13. The van der Waals surface area contributed by atoms with Gasteiger partial charge in [-0.15, -0.1) is 24.8 Å². The van der Waals surface area contributed by atoms with E-state index in [1.165, 1.54) is 0 Å². The molecule has 1 rings (SSSR count). The third-order valence-corrected chi connectivity index (χ3v) is 2.93. The summed E-state index contributed by atoms with van der Waals surface area (Å²) in [4.78, 5) is 29.4. The minimum atomic E-state index is -0.612. The van der Waals surface area contributed by atoms with Crippen LogP contribution in [-0.4, -0.2) is 43.5 Å². The summed E-state index contributed by atoms with van der Waals surface area (Å²) in [6.07, 6.45) is 1.61. The van der Waals surface area contributed by atoms with Gasteiger partial charge in [-0.3, -0.25) is 9.59 Å². The van der Waals surface area contributed by atoms with Crippen LogP contribution < -0.4 is 21.3 Å². The Morgan fingerprint density at radius 2 is 1.91 bits per heavy atom. The monoisotopic (exact) mass is 365 g/mol. The molecular weight excluding hydrogens is 341 g/mol. The molecule has 132 valence electrons. The number of nitrogens with zero attached hydrogens (tertiary/aromatic N) is 2. The molecule has 0 radical (unpaired) electrons. The number of nitrogens with two attached hydrogens (primary N) is 1. The third kappa shape index (κ3) is 8.01. The van der Waals surface area contributed by atoms with Gasteiger partial charge in [-0.05, 0) is 12.0 Å². The SMILES string of the molecule is CC(C)[C@H](N)C(=O)NCC(=O)Nc1ccnc(N(C)C)c1.Cl.Cl. The molecule has 1 heterocycles.